The van der Waals surface area contributed by atoms with Gasteiger partial charge in [-0.3, -0.25) is 10.1 Å². The van der Waals surface area contributed by atoms with Gasteiger partial charge in [0.1, 0.15) is 0 Å². The molecule has 0 amide bonds. The lowest BCUT2D eigenvalue weighted by molar-refractivity contribution is -0.385. The van der Waals surface area contributed by atoms with Crippen molar-refractivity contribution in [2.24, 2.45) is 5.73 Å². The zero-order valence-electron chi connectivity index (χ0n) is 11.7. The molecule has 0 radical (unpaired) electrons. The Morgan fingerprint density at radius 1 is 1.15 bits per heavy atom. The highest BCUT2D eigenvalue weighted by Gasteiger charge is 2.14. The first kappa shape index (κ1) is 14.2. The molecular formula is C16H18N2O2. The van der Waals surface area contributed by atoms with Crippen LogP contribution in [0.25, 0.3) is 0 Å². The number of benzene rings is 2. The van der Waals surface area contributed by atoms with Crippen molar-refractivity contribution in [2.75, 3.05) is 0 Å². The average Bonchev–Trinajstić information content (AvgIpc) is 2.46. The van der Waals surface area contributed by atoms with E-state index in [2.05, 4.69) is 6.92 Å². The highest BCUT2D eigenvalue weighted by atomic mass is 16.6. The molecule has 0 saturated carbocycles. The maximum absolute atomic E-state index is 10.9. The highest BCUT2D eigenvalue weighted by molar-refractivity contribution is 5.43. The largest absolute Gasteiger partial charge is 0.320 e. The lowest BCUT2D eigenvalue weighted by Gasteiger charge is -2.13. The number of non-ortho nitro benzene ring substituents is 1. The Kier molecular flexibility index (Phi) is 4.15. The third kappa shape index (κ3) is 3.03. The summed E-state index contributed by atoms with van der Waals surface area (Å²) in [7, 11) is 0. The van der Waals surface area contributed by atoms with Crippen LogP contribution in [0.1, 0.15) is 35.2 Å². The molecule has 20 heavy (non-hydrogen) atoms. The van der Waals surface area contributed by atoms with Gasteiger partial charge in [-0.05, 0) is 35.6 Å². The van der Waals surface area contributed by atoms with Crippen LogP contribution in [0.3, 0.4) is 0 Å². The molecule has 0 heterocycles. The molecule has 0 aliphatic rings. The van der Waals surface area contributed by atoms with Crippen LogP contribution in [0.5, 0.6) is 0 Å². The molecular weight excluding hydrogens is 252 g/mol. The van der Waals surface area contributed by atoms with Gasteiger partial charge < -0.3 is 5.73 Å². The first-order valence-electron chi connectivity index (χ1n) is 6.61. The zero-order chi connectivity index (χ0) is 14.7. The van der Waals surface area contributed by atoms with E-state index < -0.39 is 0 Å². The lowest BCUT2D eigenvalue weighted by Crippen LogP contribution is -2.12. The monoisotopic (exact) mass is 270 g/mol. The molecule has 1 atom stereocenters. The first-order valence-corrected chi connectivity index (χ1v) is 6.61. The summed E-state index contributed by atoms with van der Waals surface area (Å²) in [5, 5.41) is 10.9. The number of hydrogen-bond acceptors (Lipinski definition) is 3. The number of nitrogens with two attached hydrogens (primary N) is 1. The topological polar surface area (TPSA) is 69.2 Å². The fourth-order valence-electron chi connectivity index (χ4n) is 2.23. The standard InChI is InChI=1S/C16H18N2O2/c1-3-12-4-6-13(7-5-12)16(17)14-8-11(2)9-15(10-14)18(19)20/h4-10,16H,3,17H2,1-2H3. The molecule has 4 heteroatoms. The summed E-state index contributed by atoms with van der Waals surface area (Å²) in [5.74, 6) is 0. The van der Waals surface area contributed by atoms with Crippen LogP contribution in [-0.2, 0) is 6.42 Å². The van der Waals surface area contributed by atoms with Crippen LogP contribution in [0.2, 0.25) is 0 Å². The summed E-state index contributed by atoms with van der Waals surface area (Å²) in [4.78, 5) is 10.5. The molecule has 0 spiro atoms. The minimum Gasteiger partial charge on any atom is -0.320 e. The summed E-state index contributed by atoms with van der Waals surface area (Å²) in [6.07, 6.45) is 0.978. The fraction of sp³-hybridized carbons (Fsp3) is 0.250. The van der Waals surface area contributed by atoms with Crippen molar-refractivity contribution in [1.82, 2.24) is 0 Å². The van der Waals surface area contributed by atoms with Crippen molar-refractivity contribution in [3.63, 3.8) is 0 Å². The van der Waals surface area contributed by atoms with E-state index in [0.717, 1.165) is 23.1 Å². The van der Waals surface area contributed by atoms with Gasteiger partial charge in [0.05, 0.1) is 11.0 Å². The molecule has 1 unspecified atom stereocenters. The van der Waals surface area contributed by atoms with Gasteiger partial charge in [0, 0.05) is 12.1 Å². The second kappa shape index (κ2) is 5.84. The average molecular weight is 270 g/mol. The van der Waals surface area contributed by atoms with Gasteiger partial charge in [0.25, 0.3) is 5.69 Å². The Balaban J connectivity index is 2.36. The van der Waals surface area contributed by atoms with Gasteiger partial charge in [0.15, 0.2) is 0 Å². The Morgan fingerprint density at radius 3 is 2.35 bits per heavy atom. The van der Waals surface area contributed by atoms with Crippen LogP contribution >= 0.6 is 0 Å². The highest BCUT2D eigenvalue weighted by Crippen LogP contribution is 2.25. The van der Waals surface area contributed by atoms with Gasteiger partial charge in [-0.25, -0.2) is 0 Å². The minimum absolute atomic E-state index is 0.0839. The van der Waals surface area contributed by atoms with E-state index in [-0.39, 0.29) is 16.7 Å². The van der Waals surface area contributed by atoms with Crippen molar-refractivity contribution >= 4 is 5.69 Å². The Bertz CT molecular complexity index is 621. The third-order valence-electron chi connectivity index (χ3n) is 3.40. The quantitative estimate of drug-likeness (QED) is 0.682. The van der Waals surface area contributed by atoms with E-state index in [1.165, 1.54) is 5.56 Å². The molecule has 0 saturated heterocycles. The number of nitro groups is 1. The summed E-state index contributed by atoms with van der Waals surface area (Å²) in [6.45, 7) is 3.93. The Labute approximate surface area is 118 Å². The van der Waals surface area contributed by atoms with Crippen molar-refractivity contribution in [1.29, 1.82) is 0 Å². The second-order valence-electron chi connectivity index (χ2n) is 4.93. The summed E-state index contributed by atoms with van der Waals surface area (Å²) in [6, 6.07) is 12.7. The molecule has 2 aromatic rings. The van der Waals surface area contributed by atoms with Crippen molar-refractivity contribution in [3.05, 3.63) is 74.8 Å². The van der Waals surface area contributed by atoms with Crippen molar-refractivity contribution in [3.8, 4) is 0 Å². The maximum atomic E-state index is 10.9. The minimum atomic E-state index is -0.386. The predicted octanol–water partition coefficient (Wildman–Crippen LogP) is 3.51. The molecule has 0 aliphatic carbocycles. The number of nitrogens with zero attached hydrogens (tertiary/aromatic N) is 1. The Morgan fingerprint density at radius 2 is 1.80 bits per heavy atom. The number of rotatable bonds is 4. The smallest absolute Gasteiger partial charge is 0.270 e. The zero-order valence-corrected chi connectivity index (χ0v) is 11.7. The Hall–Kier alpha value is -2.20. The fourth-order valence-corrected chi connectivity index (χ4v) is 2.23. The van der Waals surface area contributed by atoms with Crippen LogP contribution in [0.4, 0.5) is 5.69 Å². The molecule has 0 bridgehead atoms. The van der Waals surface area contributed by atoms with E-state index in [1.807, 2.05) is 37.3 Å². The number of aryl methyl sites for hydroxylation is 2. The van der Waals surface area contributed by atoms with E-state index in [1.54, 1.807) is 12.1 Å². The van der Waals surface area contributed by atoms with Crippen LogP contribution in [0, 0.1) is 17.0 Å². The SMILES string of the molecule is CCc1ccc(C(N)c2cc(C)cc([N+](=O)[O-])c2)cc1. The van der Waals surface area contributed by atoms with Crippen LogP contribution in [0.15, 0.2) is 42.5 Å². The van der Waals surface area contributed by atoms with Gasteiger partial charge >= 0.3 is 0 Å². The van der Waals surface area contributed by atoms with Crippen LogP contribution in [-0.4, -0.2) is 4.92 Å². The van der Waals surface area contributed by atoms with Crippen molar-refractivity contribution < 1.29 is 4.92 Å². The summed E-state index contributed by atoms with van der Waals surface area (Å²) < 4.78 is 0. The molecule has 0 aliphatic heterocycles. The van der Waals surface area contributed by atoms with E-state index in [9.17, 15) is 10.1 Å². The van der Waals surface area contributed by atoms with Gasteiger partial charge in [0.2, 0.25) is 0 Å². The lowest BCUT2D eigenvalue weighted by atomic mass is 9.96. The summed E-state index contributed by atoms with van der Waals surface area (Å²) in [5.41, 5.74) is 10.1. The third-order valence-corrected chi connectivity index (χ3v) is 3.40. The second-order valence-corrected chi connectivity index (χ2v) is 4.93. The molecule has 2 aromatic carbocycles. The van der Waals surface area contributed by atoms with E-state index >= 15 is 0 Å². The molecule has 4 nitrogen and oxygen atoms in total. The van der Waals surface area contributed by atoms with Gasteiger partial charge in [-0.15, -0.1) is 0 Å². The first-order chi connectivity index (χ1) is 9.51. The molecule has 0 aromatic heterocycles. The predicted molar refractivity (Wildman–Crippen MR) is 79.7 cm³/mol. The molecule has 2 N–H and O–H groups in total. The number of hydrogen-bond donors (Lipinski definition) is 1. The summed E-state index contributed by atoms with van der Waals surface area (Å²) >= 11 is 0. The normalized spacial score (nSPS) is 12.2. The molecule has 0 fully saturated rings. The van der Waals surface area contributed by atoms with Gasteiger partial charge in [-0.1, -0.05) is 37.3 Å². The van der Waals surface area contributed by atoms with E-state index in [4.69, 9.17) is 5.73 Å². The number of nitro benzene ring substituents is 1. The van der Waals surface area contributed by atoms with Crippen molar-refractivity contribution in [2.45, 2.75) is 26.3 Å². The van der Waals surface area contributed by atoms with Crippen LogP contribution < -0.4 is 5.73 Å². The molecule has 2 rings (SSSR count). The maximum Gasteiger partial charge on any atom is 0.270 e. The van der Waals surface area contributed by atoms with E-state index in [0.29, 0.717) is 0 Å². The van der Waals surface area contributed by atoms with Gasteiger partial charge in [-0.2, -0.15) is 0 Å². The molecule has 104 valence electrons.